The van der Waals surface area contributed by atoms with E-state index in [-0.39, 0.29) is 0 Å². The molecule has 0 saturated carbocycles. The third-order valence-corrected chi connectivity index (χ3v) is 2.20. The van der Waals surface area contributed by atoms with Gasteiger partial charge in [-0.3, -0.25) is 4.68 Å². The highest BCUT2D eigenvalue weighted by molar-refractivity contribution is 6.30. The first-order valence-electron chi connectivity index (χ1n) is 4.74. The van der Waals surface area contributed by atoms with E-state index in [4.69, 9.17) is 11.6 Å². The van der Waals surface area contributed by atoms with Gasteiger partial charge in [0.1, 0.15) is 0 Å². The Morgan fingerprint density at radius 1 is 1.27 bits per heavy atom. The standard InChI is InChI=1S/C12H11ClN2/c13-12-9-14-15(10-12)8-4-7-11-5-2-1-3-6-11/h1-7,9-10H,8H2. The second kappa shape index (κ2) is 4.80. The molecule has 0 unspecified atom stereocenters. The first kappa shape index (κ1) is 9.99. The SMILES string of the molecule is Clc1cnn(CC=Cc2ccccc2)c1. The zero-order chi connectivity index (χ0) is 10.5. The fourth-order valence-electron chi connectivity index (χ4n) is 1.30. The Morgan fingerprint density at radius 2 is 2.07 bits per heavy atom. The molecule has 0 aliphatic heterocycles. The monoisotopic (exact) mass is 218 g/mol. The van der Waals surface area contributed by atoms with Gasteiger partial charge in [-0.15, -0.1) is 0 Å². The van der Waals surface area contributed by atoms with Gasteiger partial charge in [0.05, 0.1) is 17.8 Å². The van der Waals surface area contributed by atoms with Crippen molar-refractivity contribution < 1.29 is 0 Å². The average Bonchev–Trinajstić information content (AvgIpc) is 2.66. The molecule has 0 atom stereocenters. The lowest BCUT2D eigenvalue weighted by Gasteiger charge is -1.94. The number of hydrogen-bond acceptors (Lipinski definition) is 1. The number of nitrogens with zero attached hydrogens (tertiary/aromatic N) is 2. The molecule has 0 saturated heterocycles. The number of aromatic nitrogens is 2. The van der Waals surface area contributed by atoms with E-state index in [1.54, 1.807) is 17.1 Å². The Hall–Kier alpha value is -1.54. The molecule has 1 aromatic carbocycles. The van der Waals surface area contributed by atoms with Gasteiger partial charge in [-0.05, 0) is 5.56 Å². The minimum absolute atomic E-state index is 0.670. The van der Waals surface area contributed by atoms with E-state index in [0.29, 0.717) is 5.02 Å². The maximum absolute atomic E-state index is 5.75. The molecule has 2 nitrogen and oxygen atoms in total. The number of rotatable bonds is 3. The average molecular weight is 219 g/mol. The van der Waals surface area contributed by atoms with Crippen molar-refractivity contribution in [3.8, 4) is 0 Å². The maximum atomic E-state index is 5.75. The molecule has 15 heavy (non-hydrogen) atoms. The third kappa shape index (κ3) is 2.96. The summed E-state index contributed by atoms with van der Waals surface area (Å²) in [5.74, 6) is 0. The Morgan fingerprint density at radius 3 is 2.73 bits per heavy atom. The van der Waals surface area contributed by atoms with E-state index < -0.39 is 0 Å². The van der Waals surface area contributed by atoms with Crippen LogP contribution in [0.25, 0.3) is 6.08 Å². The van der Waals surface area contributed by atoms with Gasteiger partial charge in [-0.1, -0.05) is 54.1 Å². The van der Waals surface area contributed by atoms with Crippen molar-refractivity contribution in [3.63, 3.8) is 0 Å². The third-order valence-electron chi connectivity index (χ3n) is 2.00. The van der Waals surface area contributed by atoms with Gasteiger partial charge in [0, 0.05) is 6.20 Å². The molecule has 0 amide bonds. The second-order valence-corrected chi connectivity index (χ2v) is 3.63. The molecule has 0 spiro atoms. The minimum Gasteiger partial charge on any atom is -0.267 e. The first-order valence-corrected chi connectivity index (χ1v) is 5.12. The summed E-state index contributed by atoms with van der Waals surface area (Å²) in [6, 6.07) is 10.2. The van der Waals surface area contributed by atoms with Gasteiger partial charge in [-0.2, -0.15) is 5.10 Å². The van der Waals surface area contributed by atoms with Crippen molar-refractivity contribution in [2.45, 2.75) is 6.54 Å². The van der Waals surface area contributed by atoms with E-state index in [1.807, 2.05) is 18.2 Å². The van der Waals surface area contributed by atoms with Crippen molar-refractivity contribution in [2.24, 2.45) is 0 Å². The van der Waals surface area contributed by atoms with Crippen molar-refractivity contribution in [1.29, 1.82) is 0 Å². The molecule has 2 aromatic rings. The van der Waals surface area contributed by atoms with Crippen LogP contribution < -0.4 is 0 Å². The summed E-state index contributed by atoms with van der Waals surface area (Å²) >= 11 is 5.75. The molecule has 1 heterocycles. The van der Waals surface area contributed by atoms with E-state index in [0.717, 1.165) is 6.54 Å². The van der Waals surface area contributed by atoms with E-state index >= 15 is 0 Å². The lowest BCUT2D eigenvalue weighted by Crippen LogP contribution is -1.93. The Kier molecular flexibility index (Phi) is 3.20. The van der Waals surface area contributed by atoms with E-state index in [1.165, 1.54) is 5.56 Å². The summed E-state index contributed by atoms with van der Waals surface area (Å²) < 4.78 is 1.79. The topological polar surface area (TPSA) is 17.8 Å². The Labute approximate surface area is 93.8 Å². The lowest BCUT2D eigenvalue weighted by atomic mass is 10.2. The van der Waals surface area contributed by atoms with Crippen LogP contribution in [0.2, 0.25) is 5.02 Å². The largest absolute Gasteiger partial charge is 0.267 e. The predicted molar refractivity (Wildman–Crippen MR) is 62.7 cm³/mol. The quantitative estimate of drug-likeness (QED) is 0.774. The molecule has 76 valence electrons. The number of allylic oxidation sites excluding steroid dienone is 1. The summed E-state index contributed by atoms with van der Waals surface area (Å²) in [4.78, 5) is 0. The molecule has 0 fully saturated rings. The normalized spacial score (nSPS) is 11.0. The Bertz CT molecular complexity index is 446. The second-order valence-electron chi connectivity index (χ2n) is 3.19. The molecule has 0 N–H and O–H groups in total. The van der Waals surface area contributed by atoms with Gasteiger partial charge in [0.25, 0.3) is 0 Å². The number of halogens is 1. The molecule has 0 radical (unpaired) electrons. The summed E-state index contributed by atoms with van der Waals surface area (Å²) in [5.41, 5.74) is 1.19. The molecule has 1 aromatic heterocycles. The minimum atomic E-state index is 0.670. The highest BCUT2D eigenvalue weighted by Crippen LogP contribution is 2.05. The van der Waals surface area contributed by atoms with Crippen molar-refractivity contribution in [2.75, 3.05) is 0 Å². The highest BCUT2D eigenvalue weighted by atomic mass is 35.5. The van der Waals surface area contributed by atoms with Gasteiger partial charge in [0.2, 0.25) is 0 Å². The van der Waals surface area contributed by atoms with Crippen LogP contribution >= 0.6 is 11.6 Å². The van der Waals surface area contributed by atoms with Gasteiger partial charge < -0.3 is 0 Å². The summed E-state index contributed by atoms with van der Waals surface area (Å²) in [6.45, 7) is 0.738. The van der Waals surface area contributed by atoms with Gasteiger partial charge >= 0.3 is 0 Å². The van der Waals surface area contributed by atoms with Crippen LogP contribution in [0.1, 0.15) is 5.56 Å². The first-order chi connectivity index (χ1) is 7.34. The molecular weight excluding hydrogens is 208 g/mol. The van der Waals surface area contributed by atoms with Crippen molar-refractivity contribution in [1.82, 2.24) is 9.78 Å². The van der Waals surface area contributed by atoms with E-state index in [9.17, 15) is 0 Å². The summed E-state index contributed by atoms with van der Waals surface area (Å²) in [5, 5.41) is 4.75. The number of hydrogen-bond donors (Lipinski definition) is 0. The van der Waals surface area contributed by atoms with E-state index in [2.05, 4.69) is 29.4 Å². The fourth-order valence-corrected chi connectivity index (χ4v) is 1.46. The smallest absolute Gasteiger partial charge is 0.0785 e. The van der Waals surface area contributed by atoms with Crippen LogP contribution in [0.15, 0.2) is 48.8 Å². The molecule has 0 aliphatic rings. The zero-order valence-corrected chi connectivity index (χ0v) is 8.93. The van der Waals surface area contributed by atoms with Crippen LogP contribution in [0, 0.1) is 0 Å². The molecule has 3 heteroatoms. The maximum Gasteiger partial charge on any atom is 0.0785 e. The fraction of sp³-hybridized carbons (Fsp3) is 0.0833. The zero-order valence-electron chi connectivity index (χ0n) is 8.18. The van der Waals surface area contributed by atoms with Crippen LogP contribution in [-0.4, -0.2) is 9.78 Å². The summed E-state index contributed by atoms with van der Waals surface area (Å²) in [6.07, 6.45) is 7.56. The Balaban J connectivity index is 1.96. The molecule has 2 rings (SSSR count). The van der Waals surface area contributed by atoms with Crippen LogP contribution in [0.5, 0.6) is 0 Å². The van der Waals surface area contributed by atoms with Gasteiger partial charge in [0.15, 0.2) is 0 Å². The lowest BCUT2D eigenvalue weighted by molar-refractivity contribution is 0.703. The van der Waals surface area contributed by atoms with Crippen LogP contribution in [-0.2, 0) is 6.54 Å². The number of benzene rings is 1. The molecular formula is C12H11ClN2. The van der Waals surface area contributed by atoms with Gasteiger partial charge in [-0.25, -0.2) is 0 Å². The highest BCUT2D eigenvalue weighted by Gasteiger charge is 1.91. The van der Waals surface area contributed by atoms with Crippen molar-refractivity contribution in [3.05, 3.63) is 59.4 Å². The van der Waals surface area contributed by atoms with Crippen LogP contribution in [0.3, 0.4) is 0 Å². The predicted octanol–water partition coefficient (Wildman–Crippen LogP) is 3.25. The van der Waals surface area contributed by atoms with Crippen molar-refractivity contribution >= 4 is 17.7 Å². The summed E-state index contributed by atoms with van der Waals surface area (Å²) in [7, 11) is 0. The van der Waals surface area contributed by atoms with Crippen LogP contribution in [0.4, 0.5) is 0 Å². The molecule has 0 aliphatic carbocycles. The molecule has 0 bridgehead atoms.